The zero-order valence-corrected chi connectivity index (χ0v) is 21.5. The molecular formula is C26H30F3N5O5. The van der Waals surface area contributed by atoms with Crippen molar-refractivity contribution < 1.29 is 36.9 Å². The first kappa shape index (κ1) is 28.2. The first-order valence-electron chi connectivity index (χ1n) is 12.2. The first-order chi connectivity index (χ1) is 18.7. The number of nitrogens with zero attached hydrogens (tertiary/aromatic N) is 2. The number of methoxy groups -OCH3 is 1. The van der Waals surface area contributed by atoms with Gasteiger partial charge in [0, 0.05) is 32.3 Å². The third kappa shape index (κ3) is 7.85. The third-order valence-electron chi connectivity index (χ3n) is 5.82. The number of anilines is 1. The Labute approximate surface area is 223 Å². The van der Waals surface area contributed by atoms with Crippen LogP contribution in [0.3, 0.4) is 0 Å². The Balaban J connectivity index is 1.51. The molecule has 1 fully saturated rings. The zero-order valence-electron chi connectivity index (χ0n) is 21.5. The number of hydrogen-bond acceptors (Lipinski definition) is 7. The quantitative estimate of drug-likeness (QED) is 0.352. The van der Waals surface area contributed by atoms with Crippen molar-refractivity contribution in [2.75, 3.05) is 38.7 Å². The van der Waals surface area contributed by atoms with Crippen molar-refractivity contribution in [2.24, 2.45) is 0 Å². The Kier molecular flexibility index (Phi) is 9.28. The van der Waals surface area contributed by atoms with Gasteiger partial charge in [-0.2, -0.15) is 0 Å². The van der Waals surface area contributed by atoms with Gasteiger partial charge < -0.3 is 29.6 Å². The number of amides is 2. The summed E-state index contributed by atoms with van der Waals surface area (Å²) in [7, 11) is 1.47. The van der Waals surface area contributed by atoms with Gasteiger partial charge in [-0.05, 0) is 36.8 Å². The zero-order chi connectivity index (χ0) is 27.8. The van der Waals surface area contributed by atoms with Crippen LogP contribution in [0.1, 0.15) is 16.7 Å². The molecule has 39 heavy (non-hydrogen) atoms. The minimum absolute atomic E-state index is 0.135. The van der Waals surface area contributed by atoms with Gasteiger partial charge >= 0.3 is 12.4 Å². The largest absolute Gasteiger partial charge is 0.573 e. The van der Waals surface area contributed by atoms with Gasteiger partial charge in [-0.1, -0.05) is 24.3 Å². The third-order valence-corrected chi connectivity index (χ3v) is 5.82. The minimum Gasteiger partial charge on any atom is -0.474 e. The lowest BCUT2D eigenvalue weighted by atomic mass is 10.1. The predicted octanol–water partition coefficient (Wildman–Crippen LogP) is 3.91. The summed E-state index contributed by atoms with van der Waals surface area (Å²) in [5, 5.41) is 13.1. The minimum atomic E-state index is -4.88. The molecule has 0 bridgehead atoms. The van der Waals surface area contributed by atoms with Crippen LogP contribution in [-0.4, -0.2) is 61.7 Å². The van der Waals surface area contributed by atoms with Crippen molar-refractivity contribution in [2.45, 2.75) is 32.5 Å². The molecule has 1 saturated heterocycles. The molecule has 13 heteroatoms. The second kappa shape index (κ2) is 12.8. The van der Waals surface area contributed by atoms with Crippen LogP contribution in [0, 0.1) is 6.92 Å². The monoisotopic (exact) mass is 549 g/mol. The van der Waals surface area contributed by atoms with E-state index in [0.717, 1.165) is 6.54 Å². The van der Waals surface area contributed by atoms with Crippen molar-refractivity contribution >= 4 is 11.8 Å². The van der Waals surface area contributed by atoms with E-state index in [1.54, 1.807) is 6.92 Å². The number of rotatable bonds is 10. The number of halogens is 3. The van der Waals surface area contributed by atoms with E-state index in [0.29, 0.717) is 41.7 Å². The van der Waals surface area contributed by atoms with Crippen molar-refractivity contribution in [1.29, 1.82) is 0 Å². The Morgan fingerprint density at radius 2 is 2.03 bits per heavy atom. The van der Waals surface area contributed by atoms with Crippen LogP contribution < -0.4 is 25.4 Å². The lowest BCUT2D eigenvalue weighted by molar-refractivity contribution is -0.274. The molecule has 0 saturated carbocycles. The molecule has 10 nitrogen and oxygen atoms in total. The lowest BCUT2D eigenvalue weighted by Crippen LogP contribution is -2.41. The summed E-state index contributed by atoms with van der Waals surface area (Å²) in [5.74, 6) is 0.246. The van der Waals surface area contributed by atoms with E-state index in [1.807, 2.05) is 30.3 Å². The van der Waals surface area contributed by atoms with Crippen LogP contribution in [0.5, 0.6) is 11.6 Å². The second-order valence-corrected chi connectivity index (χ2v) is 8.76. The molecule has 3 N–H and O–H groups in total. The smallest absolute Gasteiger partial charge is 0.474 e. The highest BCUT2D eigenvalue weighted by molar-refractivity contribution is 5.89. The van der Waals surface area contributed by atoms with E-state index < -0.39 is 18.1 Å². The maximum Gasteiger partial charge on any atom is 0.573 e. The second-order valence-electron chi connectivity index (χ2n) is 8.76. The average Bonchev–Trinajstić information content (AvgIpc) is 3.22. The standard InChI is InChI=1S/C26H30F3N5O5/c1-17-23(32-25(35)31-13-19-12-18(15-36-2)8-9-22(19)39-26(27,28)29)34(20-6-4-3-5-7-20)33-24(17)38-16-21-14-30-10-11-37-21/h3-9,12,21,30H,10-11,13-16H2,1-2H3,(H2,31,32,35). The SMILES string of the molecule is COCc1ccc(OC(F)(F)F)c(CNC(=O)Nc2c(C)c(OCC3CNCCO3)nn2-c2ccccc2)c1. The number of hydrogen-bond donors (Lipinski definition) is 3. The molecule has 2 aromatic carbocycles. The molecule has 1 aliphatic heterocycles. The van der Waals surface area contributed by atoms with Crippen molar-refractivity contribution in [3.8, 4) is 17.3 Å². The average molecular weight is 550 g/mol. The summed E-state index contributed by atoms with van der Waals surface area (Å²) in [6, 6.07) is 12.6. The van der Waals surface area contributed by atoms with E-state index >= 15 is 0 Å². The number of ether oxygens (including phenoxy) is 4. The fourth-order valence-corrected chi connectivity index (χ4v) is 3.99. The van der Waals surface area contributed by atoms with E-state index in [1.165, 1.54) is 30.0 Å². The summed E-state index contributed by atoms with van der Waals surface area (Å²) in [5.41, 5.74) is 2.01. The Bertz CT molecular complexity index is 1250. The number of aromatic nitrogens is 2. The van der Waals surface area contributed by atoms with Gasteiger partial charge in [-0.15, -0.1) is 18.3 Å². The van der Waals surface area contributed by atoms with Crippen LogP contribution in [0.15, 0.2) is 48.5 Å². The van der Waals surface area contributed by atoms with Crippen molar-refractivity contribution in [3.05, 3.63) is 65.2 Å². The van der Waals surface area contributed by atoms with E-state index in [-0.39, 0.29) is 31.4 Å². The Hall–Kier alpha value is -3.81. The van der Waals surface area contributed by atoms with Gasteiger partial charge in [0.05, 0.1) is 24.5 Å². The number of carbonyl (C=O) groups excluding carboxylic acids is 1. The van der Waals surface area contributed by atoms with Gasteiger partial charge in [0.25, 0.3) is 0 Å². The number of para-hydroxylation sites is 1. The summed E-state index contributed by atoms with van der Waals surface area (Å²) >= 11 is 0. The summed E-state index contributed by atoms with van der Waals surface area (Å²) in [4.78, 5) is 12.9. The molecule has 0 radical (unpaired) electrons. The number of nitrogens with one attached hydrogen (secondary N) is 3. The molecular weight excluding hydrogens is 519 g/mol. The maximum absolute atomic E-state index is 12.9. The van der Waals surface area contributed by atoms with E-state index in [4.69, 9.17) is 14.2 Å². The van der Waals surface area contributed by atoms with Crippen LogP contribution in [0.4, 0.5) is 23.8 Å². The molecule has 2 heterocycles. The highest BCUT2D eigenvalue weighted by Gasteiger charge is 2.32. The fraction of sp³-hybridized carbons (Fsp3) is 0.385. The van der Waals surface area contributed by atoms with Crippen molar-refractivity contribution in [1.82, 2.24) is 20.4 Å². The Morgan fingerprint density at radius 1 is 1.23 bits per heavy atom. The van der Waals surface area contributed by atoms with Crippen LogP contribution in [0.2, 0.25) is 0 Å². The highest BCUT2D eigenvalue weighted by Crippen LogP contribution is 2.30. The Morgan fingerprint density at radius 3 is 2.72 bits per heavy atom. The summed E-state index contributed by atoms with van der Waals surface area (Å²) in [6.07, 6.45) is -5.02. The van der Waals surface area contributed by atoms with Gasteiger partial charge in [-0.3, -0.25) is 5.32 Å². The fourth-order valence-electron chi connectivity index (χ4n) is 3.99. The highest BCUT2D eigenvalue weighted by atomic mass is 19.4. The number of urea groups is 1. The molecule has 1 aromatic heterocycles. The molecule has 210 valence electrons. The van der Waals surface area contributed by atoms with Crippen molar-refractivity contribution in [3.63, 3.8) is 0 Å². The summed E-state index contributed by atoms with van der Waals surface area (Å²) < 4.78 is 61.1. The van der Waals surface area contributed by atoms with Crippen LogP contribution in [0.25, 0.3) is 5.69 Å². The molecule has 0 spiro atoms. The van der Waals surface area contributed by atoms with Gasteiger partial charge in [0.1, 0.15) is 24.3 Å². The molecule has 1 atom stereocenters. The predicted molar refractivity (Wildman–Crippen MR) is 136 cm³/mol. The van der Waals surface area contributed by atoms with Gasteiger partial charge in [0.2, 0.25) is 5.88 Å². The molecule has 1 aliphatic rings. The molecule has 4 rings (SSSR count). The molecule has 3 aromatic rings. The maximum atomic E-state index is 12.9. The van der Waals surface area contributed by atoms with Crippen LogP contribution in [-0.2, 0) is 22.6 Å². The van der Waals surface area contributed by atoms with E-state index in [9.17, 15) is 18.0 Å². The topological polar surface area (TPSA) is 108 Å². The number of carbonyl (C=O) groups is 1. The normalized spacial score (nSPS) is 15.6. The molecule has 0 aliphatic carbocycles. The van der Waals surface area contributed by atoms with E-state index in [2.05, 4.69) is 25.8 Å². The van der Waals surface area contributed by atoms with Gasteiger partial charge in [-0.25, -0.2) is 9.48 Å². The number of alkyl halides is 3. The van der Waals surface area contributed by atoms with Gasteiger partial charge in [0.15, 0.2) is 0 Å². The van der Waals surface area contributed by atoms with Crippen LogP contribution >= 0.6 is 0 Å². The number of morpholine rings is 1. The lowest BCUT2D eigenvalue weighted by Gasteiger charge is -2.23. The first-order valence-corrected chi connectivity index (χ1v) is 12.2. The summed E-state index contributed by atoms with van der Waals surface area (Å²) in [6.45, 7) is 3.99. The molecule has 1 unspecified atom stereocenters. The number of benzene rings is 2. The molecule has 2 amide bonds.